The lowest BCUT2D eigenvalue weighted by molar-refractivity contribution is -0.158. The Labute approximate surface area is 179 Å². The molecule has 3 aromatic rings. The first-order valence-electron chi connectivity index (χ1n) is 10.2. The van der Waals surface area contributed by atoms with Gasteiger partial charge in [-0.2, -0.15) is 0 Å². The summed E-state index contributed by atoms with van der Waals surface area (Å²) >= 11 is 0. The van der Waals surface area contributed by atoms with Gasteiger partial charge in [-0.25, -0.2) is 14.3 Å². The number of aromatic nitrogens is 3. The maximum absolute atomic E-state index is 12.9. The summed E-state index contributed by atoms with van der Waals surface area (Å²) in [6.45, 7) is 5.80. The van der Waals surface area contributed by atoms with Gasteiger partial charge in [-0.05, 0) is 57.9 Å². The fourth-order valence-corrected chi connectivity index (χ4v) is 3.83. The molecule has 0 spiro atoms. The van der Waals surface area contributed by atoms with Crippen molar-refractivity contribution in [3.05, 3.63) is 47.3 Å². The van der Waals surface area contributed by atoms with E-state index < -0.39 is 11.0 Å². The van der Waals surface area contributed by atoms with Gasteiger partial charge in [0.1, 0.15) is 17.6 Å². The highest BCUT2D eigenvalue weighted by Crippen LogP contribution is 2.49. The van der Waals surface area contributed by atoms with E-state index >= 15 is 0 Å². The molecule has 0 amide bonds. The Bertz CT molecular complexity index is 1230. The van der Waals surface area contributed by atoms with E-state index in [9.17, 15) is 9.59 Å². The minimum Gasteiger partial charge on any atom is -0.493 e. The molecule has 1 saturated carbocycles. The minimum atomic E-state index is -0.820. The quantitative estimate of drug-likeness (QED) is 0.596. The highest BCUT2D eigenvalue weighted by atomic mass is 16.6. The fourth-order valence-electron chi connectivity index (χ4n) is 3.83. The number of benzene rings is 1. The number of carbonyl (C=O) groups excluding carboxylic acids is 2. The first kappa shape index (κ1) is 19.5. The average molecular weight is 421 g/mol. The van der Waals surface area contributed by atoms with Crippen molar-refractivity contribution in [2.45, 2.75) is 51.2 Å². The molecule has 0 atom stereocenters. The zero-order valence-electron chi connectivity index (χ0n) is 17.9. The number of pyridine rings is 1. The molecule has 0 bridgehead atoms. The van der Waals surface area contributed by atoms with Gasteiger partial charge in [-0.3, -0.25) is 4.79 Å². The van der Waals surface area contributed by atoms with Gasteiger partial charge in [0.25, 0.3) is 0 Å². The Morgan fingerprint density at radius 2 is 1.97 bits per heavy atom. The van der Waals surface area contributed by atoms with E-state index in [2.05, 4.69) is 4.98 Å². The second-order valence-electron chi connectivity index (χ2n) is 8.99. The molecular weight excluding hydrogens is 398 g/mol. The maximum Gasteiger partial charge on any atom is 0.338 e. The summed E-state index contributed by atoms with van der Waals surface area (Å²) in [6, 6.07) is 9.25. The molecule has 1 aliphatic heterocycles. The molecule has 0 N–H and O–H groups in total. The van der Waals surface area contributed by atoms with Gasteiger partial charge >= 0.3 is 11.9 Å². The van der Waals surface area contributed by atoms with Crippen LogP contribution in [0.4, 0.5) is 0 Å². The van der Waals surface area contributed by atoms with Crippen LogP contribution in [0.1, 0.15) is 55.4 Å². The van der Waals surface area contributed by atoms with E-state index in [0.717, 1.165) is 16.8 Å². The van der Waals surface area contributed by atoms with E-state index in [4.69, 9.17) is 19.3 Å². The number of cyclic esters (lactones) is 1. The van der Waals surface area contributed by atoms with E-state index in [-0.39, 0.29) is 18.5 Å². The van der Waals surface area contributed by atoms with Crippen molar-refractivity contribution in [3.63, 3.8) is 0 Å². The lowest BCUT2D eigenvalue weighted by atomic mass is 10.0. The van der Waals surface area contributed by atoms with Crippen LogP contribution in [-0.4, -0.2) is 39.2 Å². The number of nitrogens with zero attached hydrogens (tertiary/aromatic N) is 3. The molecule has 8 nitrogen and oxygen atoms in total. The Balaban J connectivity index is 1.62. The highest BCUT2D eigenvalue weighted by molar-refractivity contribution is 5.94. The largest absolute Gasteiger partial charge is 0.493 e. The molecule has 1 aromatic carbocycles. The van der Waals surface area contributed by atoms with E-state index in [0.29, 0.717) is 35.6 Å². The van der Waals surface area contributed by atoms with Gasteiger partial charge in [-0.1, -0.05) is 6.07 Å². The molecule has 1 fully saturated rings. The number of rotatable bonds is 4. The molecule has 31 heavy (non-hydrogen) atoms. The zero-order valence-corrected chi connectivity index (χ0v) is 17.9. The Kier molecular flexibility index (Phi) is 4.12. The maximum atomic E-state index is 12.9. The van der Waals surface area contributed by atoms with Crippen molar-refractivity contribution in [2.24, 2.45) is 0 Å². The predicted octanol–water partition coefficient (Wildman–Crippen LogP) is 3.45. The van der Waals surface area contributed by atoms with Crippen molar-refractivity contribution >= 4 is 17.6 Å². The summed E-state index contributed by atoms with van der Waals surface area (Å²) < 4.78 is 17.9. The third-order valence-electron chi connectivity index (χ3n) is 5.62. The van der Waals surface area contributed by atoms with Gasteiger partial charge in [0, 0.05) is 11.1 Å². The summed E-state index contributed by atoms with van der Waals surface area (Å²) in [7, 11) is 1.57. The molecule has 0 radical (unpaired) electrons. The van der Waals surface area contributed by atoms with Crippen molar-refractivity contribution in [1.82, 2.24) is 14.6 Å². The molecule has 0 saturated heterocycles. The second kappa shape index (κ2) is 6.54. The molecule has 2 aromatic heterocycles. The monoisotopic (exact) mass is 421 g/mol. The van der Waals surface area contributed by atoms with Gasteiger partial charge in [0.05, 0.1) is 18.4 Å². The standard InChI is InChI=1S/C23H23N3O5/c1-22(2,3)31-21(28)23(9-10-23)20-24-18-17(29-4)8-7-16(26(18)25-20)13-5-6-15-14(11-13)12-30-19(15)27/h5-8,11H,9-10,12H2,1-4H3. The van der Waals surface area contributed by atoms with Gasteiger partial charge < -0.3 is 14.2 Å². The lowest BCUT2D eigenvalue weighted by Crippen LogP contribution is -2.32. The van der Waals surface area contributed by atoms with Gasteiger partial charge in [0.2, 0.25) is 0 Å². The number of ether oxygens (including phenoxy) is 3. The third kappa shape index (κ3) is 3.13. The van der Waals surface area contributed by atoms with Gasteiger partial charge in [0.15, 0.2) is 17.2 Å². The minimum absolute atomic E-state index is 0.256. The summed E-state index contributed by atoms with van der Waals surface area (Å²) in [5, 5.41) is 4.72. The van der Waals surface area contributed by atoms with Crippen molar-refractivity contribution in [2.75, 3.05) is 7.11 Å². The molecule has 0 unspecified atom stereocenters. The molecule has 3 heterocycles. The van der Waals surface area contributed by atoms with Crippen LogP contribution in [0.5, 0.6) is 5.75 Å². The first-order chi connectivity index (χ1) is 14.7. The van der Waals surface area contributed by atoms with Crippen LogP contribution in [-0.2, 0) is 26.3 Å². The van der Waals surface area contributed by atoms with E-state index in [1.54, 1.807) is 17.7 Å². The smallest absolute Gasteiger partial charge is 0.338 e. The number of carbonyl (C=O) groups is 2. The number of methoxy groups -OCH3 is 1. The topological polar surface area (TPSA) is 92.0 Å². The molecule has 160 valence electrons. The second-order valence-corrected chi connectivity index (χ2v) is 8.99. The molecule has 1 aliphatic carbocycles. The predicted molar refractivity (Wildman–Crippen MR) is 111 cm³/mol. The normalized spacial score (nSPS) is 16.7. The van der Waals surface area contributed by atoms with Crippen LogP contribution in [0.15, 0.2) is 30.3 Å². The van der Waals surface area contributed by atoms with Crippen LogP contribution >= 0.6 is 0 Å². The van der Waals surface area contributed by atoms with Crippen LogP contribution in [0, 0.1) is 0 Å². The number of hydrogen-bond acceptors (Lipinski definition) is 7. The van der Waals surface area contributed by atoms with E-state index in [1.165, 1.54) is 0 Å². The summed E-state index contributed by atoms with van der Waals surface area (Å²) in [6.07, 6.45) is 1.30. The van der Waals surface area contributed by atoms with Crippen molar-refractivity contribution in [3.8, 4) is 17.0 Å². The third-order valence-corrected chi connectivity index (χ3v) is 5.62. The Morgan fingerprint density at radius 3 is 2.65 bits per heavy atom. The molecule has 8 heteroatoms. The summed E-state index contributed by atoms with van der Waals surface area (Å²) in [5.41, 5.74) is 2.17. The Hall–Kier alpha value is -3.42. The number of fused-ring (bicyclic) bond motifs is 2. The van der Waals surface area contributed by atoms with Gasteiger partial charge in [-0.15, -0.1) is 5.10 Å². The zero-order chi connectivity index (χ0) is 22.0. The first-order valence-corrected chi connectivity index (χ1v) is 10.2. The molecule has 5 rings (SSSR count). The van der Waals surface area contributed by atoms with Crippen LogP contribution < -0.4 is 4.74 Å². The van der Waals surface area contributed by atoms with Crippen LogP contribution in [0.3, 0.4) is 0 Å². The average Bonchev–Trinajstić information content (AvgIpc) is 3.28. The Morgan fingerprint density at radius 1 is 1.19 bits per heavy atom. The van der Waals surface area contributed by atoms with E-state index in [1.807, 2.05) is 45.0 Å². The number of hydrogen-bond donors (Lipinski definition) is 0. The summed E-state index contributed by atoms with van der Waals surface area (Å²) in [5.74, 6) is 0.386. The van der Waals surface area contributed by atoms with Crippen LogP contribution in [0.2, 0.25) is 0 Å². The lowest BCUT2D eigenvalue weighted by Gasteiger charge is -2.22. The van der Waals surface area contributed by atoms with Crippen molar-refractivity contribution < 1.29 is 23.8 Å². The summed E-state index contributed by atoms with van der Waals surface area (Å²) in [4.78, 5) is 29.4. The molecule has 2 aliphatic rings. The van der Waals surface area contributed by atoms with Crippen LogP contribution in [0.25, 0.3) is 16.9 Å². The van der Waals surface area contributed by atoms with Crippen molar-refractivity contribution in [1.29, 1.82) is 0 Å². The number of esters is 2. The fraction of sp³-hybridized carbons (Fsp3) is 0.391. The highest BCUT2D eigenvalue weighted by Gasteiger charge is 2.57. The SMILES string of the molecule is COc1ccc(-c2ccc3c(c2)COC3=O)n2nc(C3(C(=O)OC(C)(C)C)CC3)nc12. The molecular formula is C23H23N3O5.